The first-order chi connectivity index (χ1) is 14.0. The smallest absolute Gasteiger partial charge is 0.254 e. The Labute approximate surface area is 168 Å². The van der Waals surface area contributed by atoms with E-state index in [0.717, 1.165) is 23.2 Å². The summed E-state index contributed by atoms with van der Waals surface area (Å²) < 4.78 is 5.33. The molecule has 2 amide bonds. The van der Waals surface area contributed by atoms with Crippen LogP contribution < -0.4 is 4.90 Å². The van der Waals surface area contributed by atoms with E-state index in [2.05, 4.69) is 10.1 Å². The number of rotatable bonds is 5. The quantitative estimate of drug-likeness (QED) is 0.667. The highest BCUT2D eigenvalue weighted by atomic mass is 16.5. The number of benzene rings is 2. The number of anilines is 1. The number of aryl methyl sites for hydroxylation is 1. The number of amides is 2. The Morgan fingerprint density at radius 3 is 2.79 bits per heavy atom. The summed E-state index contributed by atoms with van der Waals surface area (Å²) in [6.07, 6.45) is 1.40. The molecule has 2 heterocycles. The van der Waals surface area contributed by atoms with Crippen LogP contribution in [0.25, 0.3) is 11.4 Å². The van der Waals surface area contributed by atoms with Crippen molar-refractivity contribution in [2.75, 3.05) is 18.5 Å². The van der Waals surface area contributed by atoms with Crippen molar-refractivity contribution in [2.45, 2.75) is 26.3 Å². The molecule has 0 spiro atoms. The summed E-state index contributed by atoms with van der Waals surface area (Å²) in [5.41, 5.74) is 3.25. The zero-order valence-corrected chi connectivity index (χ0v) is 16.5. The summed E-state index contributed by atoms with van der Waals surface area (Å²) in [6.45, 7) is 2.89. The molecular formula is C22H22N4O3. The van der Waals surface area contributed by atoms with Gasteiger partial charge in [-0.2, -0.15) is 4.98 Å². The van der Waals surface area contributed by atoms with Crippen LogP contribution in [0.5, 0.6) is 0 Å². The van der Waals surface area contributed by atoms with Gasteiger partial charge in [0.25, 0.3) is 5.91 Å². The van der Waals surface area contributed by atoms with Crippen molar-refractivity contribution in [3.8, 4) is 11.4 Å². The molecule has 0 bridgehead atoms. The van der Waals surface area contributed by atoms with E-state index in [1.54, 1.807) is 30.1 Å². The van der Waals surface area contributed by atoms with E-state index in [1.807, 2.05) is 37.3 Å². The highest BCUT2D eigenvalue weighted by Gasteiger charge is 2.23. The fraction of sp³-hybridized carbons (Fsp3) is 0.273. The molecule has 1 fully saturated rings. The minimum atomic E-state index is -0.172. The minimum absolute atomic E-state index is 0.0949. The van der Waals surface area contributed by atoms with Gasteiger partial charge in [-0.3, -0.25) is 9.59 Å². The van der Waals surface area contributed by atoms with E-state index in [1.165, 1.54) is 4.90 Å². The van der Waals surface area contributed by atoms with Crippen molar-refractivity contribution in [3.05, 3.63) is 65.5 Å². The van der Waals surface area contributed by atoms with Crippen LogP contribution >= 0.6 is 0 Å². The normalized spacial score (nSPS) is 13.7. The number of carbonyl (C=O) groups excluding carboxylic acids is 2. The van der Waals surface area contributed by atoms with Crippen LogP contribution in [0.4, 0.5) is 5.69 Å². The third-order valence-electron chi connectivity index (χ3n) is 4.94. The van der Waals surface area contributed by atoms with Gasteiger partial charge in [-0.15, -0.1) is 0 Å². The molecule has 4 rings (SSSR count). The molecule has 0 radical (unpaired) electrons. The first-order valence-electron chi connectivity index (χ1n) is 9.57. The van der Waals surface area contributed by atoms with Crippen molar-refractivity contribution < 1.29 is 14.1 Å². The molecule has 0 aliphatic carbocycles. The van der Waals surface area contributed by atoms with Gasteiger partial charge in [0.1, 0.15) is 0 Å². The third-order valence-corrected chi connectivity index (χ3v) is 4.94. The zero-order chi connectivity index (χ0) is 20.4. The highest BCUT2D eigenvalue weighted by molar-refractivity contribution is 5.98. The molecule has 148 valence electrons. The lowest BCUT2D eigenvalue weighted by Gasteiger charge is -2.18. The van der Waals surface area contributed by atoms with E-state index in [4.69, 9.17) is 4.52 Å². The van der Waals surface area contributed by atoms with Crippen LogP contribution in [0.15, 0.2) is 53.1 Å². The monoisotopic (exact) mass is 390 g/mol. The first-order valence-corrected chi connectivity index (χ1v) is 9.57. The molecular weight excluding hydrogens is 368 g/mol. The topological polar surface area (TPSA) is 79.5 Å². The summed E-state index contributed by atoms with van der Waals surface area (Å²) in [7, 11) is 1.69. The van der Waals surface area contributed by atoms with Gasteiger partial charge in [-0.1, -0.05) is 35.0 Å². The Hall–Kier alpha value is -3.48. The van der Waals surface area contributed by atoms with E-state index in [9.17, 15) is 9.59 Å². The maximum Gasteiger partial charge on any atom is 0.254 e. The number of aromatic nitrogens is 2. The predicted octanol–water partition coefficient (Wildman–Crippen LogP) is 3.44. The fourth-order valence-electron chi connectivity index (χ4n) is 3.44. The van der Waals surface area contributed by atoms with Gasteiger partial charge in [0.2, 0.25) is 17.6 Å². The second-order valence-electron chi connectivity index (χ2n) is 7.24. The average molecular weight is 390 g/mol. The lowest BCUT2D eigenvalue weighted by molar-refractivity contribution is -0.117. The fourth-order valence-corrected chi connectivity index (χ4v) is 3.44. The molecule has 1 aromatic heterocycles. The van der Waals surface area contributed by atoms with E-state index < -0.39 is 0 Å². The third kappa shape index (κ3) is 4.03. The Morgan fingerprint density at radius 2 is 2.03 bits per heavy atom. The second-order valence-corrected chi connectivity index (χ2v) is 7.24. The Kier molecular flexibility index (Phi) is 5.12. The molecule has 1 aliphatic rings. The maximum absolute atomic E-state index is 12.9. The van der Waals surface area contributed by atoms with E-state index in [0.29, 0.717) is 30.2 Å². The predicted molar refractivity (Wildman–Crippen MR) is 108 cm³/mol. The van der Waals surface area contributed by atoms with Crippen LogP contribution in [-0.4, -0.2) is 40.4 Å². The van der Waals surface area contributed by atoms with Crippen LogP contribution in [0.3, 0.4) is 0 Å². The van der Waals surface area contributed by atoms with Gasteiger partial charge >= 0.3 is 0 Å². The summed E-state index contributed by atoms with van der Waals surface area (Å²) in [4.78, 5) is 32.5. The van der Waals surface area contributed by atoms with Crippen molar-refractivity contribution >= 4 is 17.5 Å². The highest BCUT2D eigenvalue weighted by Crippen LogP contribution is 2.23. The van der Waals surface area contributed by atoms with Gasteiger partial charge in [0.15, 0.2) is 0 Å². The number of nitrogens with zero attached hydrogens (tertiary/aromatic N) is 4. The van der Waals surface area contributed by atoms with E-state index in [-0.39, 0.29) is 18.4 Å². The van der Waals surface area contributed by atoms with Gasteiger partial charge in [0, 0.05) is 36.8 Å². The maximum atomic E-state index is 12.9. The lowest BCUT2D eigenvalue weighted by Crippen LogP contribution is -2.27. The molecule has 3 aromatic rings. The van der Waals surface area contributed by atoms with Gasteiger partial charge in [-0.05, 0) is 37.6 Å². The van der Waals surface area contributed by atoms with Gasteiger partial charge in [0.05, 0.1) is 6.54 Å². The largest absolute Gasteiger partial charge is 0.337 e. The Bertz CT molecular complexity index is 1060. The van der Waals surface area contributed by atoms with Gasteiger partial charge < -0.3 is 14.3 Å². The van der Waals surface area contributed by atoms with Crippen LogP contribution in [0, 0.1) is 6.92 Å². The zero-order valence-electron chi connectivity index (χ0n) is 16.5. The molecule has 7 nitrogen and oxygen atoms in total. The average Bonchev–Trinajstić information content (AvgIpc) is 3.36. The van der Waals surface area contributed by atoms with Crippen LogP contribution in [0.1, 0.15) is 34.7 Å². The van der Waals surface area contributed by atoms with Crippen LogP contribution in [0.2, 0.25) is 0 Å². The standard InChI is InChI=1S/C22H22N4O3/c1-15-6-3-7-16(12-15)21-23-19(29-24-21)14-25(2)22(28)17-8-4-9-18(13-17)26-11-5-10-20(26)27/h3-4,6-9,12-13H,5,10-11,14H2,1-2H3. The molecule has 0 saturated carbocycles. The first kappa shape index (κ1) is 18.9. The summed E-state index contributed by atoms with van der Waals surface area (Å²) in [5, 5.41) is 4.02. The minimum Gasteiger partial charge on any atom is -0.337 e. The Balaban J connectivity index is 1.47. The molecule has 0 unspecified atom stereocenters. The Morgan fingerprint density at radius 1 is 1.21 bits per heavy atom. The molecule has 1 aliphatic heterocycles. The molecule has 1 saturated heterocycles. The summed E-state index contributed by atoms with van der Waals surface area (Å²) >= 11 is 0. The van der Waals surface area contributed by atoms with Crippen molar-refractivity contribution in [1.82, 2.24) is 15.0 Å². The lowest BCUT2D eigenvalue weighted by atomic mass is 10.1. The molecule has 29 heavy (non-hydrogen) atoms. The molecule has 0 atom stereocenters. The number of carbonyl (C=O) groups is 2. The van der Waals surface area contributed by atoms with Crippen molar-refractivity contribution in [1.29, 1.82) is 0 Å². The number of hydrogen-bond donors (Lipinski definition) is 0. The van der Waals surface area contributed by atoms with Gasteiger partial charge in [-0.25, -0.2) is 0 Å². The van der Waals surface area contributed by atoms with E-state index >= 15 is 0 Å². The van der Waals surface area contributed by atoms with Crippen molar-refractivity contribution in [3.63, 3.8) is 0 Å². The van der Waals surface area contributed by atoms with Crippen LogP contribution in [-0.2, 0) is 11.3 Å². The number of hydrogen-bond acceptors (Lipinski definition) is 5. The van der Waals surface area contributed by atoms with Crippen molar-refractivity contribution in [2.24, 2.45) is 0 Å². The molecule has 0 N–H and O–H groups in total. The SMILES string of the molecule is Cc1cccc(-c2noc(CN(C)C(=O)c3cccc(N4CCCC4=O)c3)n2)c1. The molecule has 2 aromatic carbocycles. The summed E-state index contributed by atoms with van der Waals surface area (Å²) in [6, 6.07) is 15.0. The molecule has 7 heteroatoms. The second kappa shape index (κ2) is 7.87. The summed E-state index contributed by atoms with van der Waals surface area (Å²) in [5.74, 6) is 0.786.